The Bertz CT molecular complexity index is 226. The Morgan fingerprint density at radius 1 is 1.60 bits per heavy atom. The number of cyclic esters (lactones) is 1. The fraction of sp³-hybridized carbons (Fsp3) is 0.250. The van der Waals surface area contributed by atoms with Gasteiger partial charge in [0.05, 0.1) is 0 Å². The van der Waals surface area contributed by atoms with Gasteiger partial charge in [-0.3, -0.25) is 4.57 Å². The molecule has 0 bridgehead atoms. The third-order valence-corrected chi connectivity index (χ3v) is 1.91. The number of ether oxygens (including phenoxy) is 1. The van der Waals surface area contributed by atoms with Crippen LogP contribution in [0, 0.1) is 0 Å². The second kappa shape index (κ2) is 2.20. The van der Waals surface area contributed by atoms with E-state index in [9.17, 15) is 9.36 Å². The maximum atomic E-state index is 10.3. The highest BCUT2D eigenvalue weighted by molar-refractivity contribution is 7.52. The average Bonchev–Trinajstić information content (AvgIpc) is 2.11. The molecule has 1 aliphatic heterocycles. The molecule has 1 unspecified atom stereocenters. The highest BCUT2D eigenvalue weighted by Crippen LogP contribution is 2.44. The molecule has 0 aliphatic carbocycles. The molecule has 0 aromatic heterocycles. The lowest BCUT2D eigenvalue weighted by molar-refractivity contribution is -0.136. The molecular weight excluding hydrogens is 159 g/mol. The van der Waals surface area contributed by atoms with Gasteiger partial charge in [-0.25, -0.2) is 4.79 Å². The molecule has 6 heteroatoms. The van der Waals surface area contributed by atoms with Crippen LogP contribution >= 0.6 is 7.60 Å². The van der Waals surface area contributed by atoms with E-state index >= 15 is 0 Å². The molecule has 5 nitrogen and oxygen atoms in total. The first-order chi connectivity index (χ1) is 4.50. The molecule has 56 valence electrons. The summed E-state index contributed by atoms with van der Waals surface area (Å²) in [7, 11) is -4.28. The summed E-state index contributed by atoms with van der Waals surface area (Å²) in [4.78, 5) is 27.1. The second-order valence-corrected chi connectivity index (χ2v) is 3.46. The van der Waals surface area contributed by atoms with Gasteiger partial charge in [-0.1, -0.05) is 0 Å². The van der Waals surface area contributed by atoms with E-state index in [1.54, 1.807) is 0 Å². The standard InChI is InChI=1S/C4H5O5P/c5-3-1-2-4(9-3)10(6,7)8/h1-2,4H,(H2,6,7,8). The zero-order chi connectivity index (χ0) is 7.78. The number of rotatable bonds is 1. The summed E-state index contributed by atoms with van der Waals surface area (Å²) in [6.07, 6.45) is 2.03. The van der Waals surface area contributed by atoms with Crippen LogP contribution in [0.25, 0.3) is 0 Å². The minimum Gasteiger partial charge on any atom is -0.442 e. The van der Waals surface area contributed by atoms with E-state index in [1.807, 2.05) is 0 Å². The van der Waals surface area contributed by atoms with E-state index in [0.29, 0.717) is 0 Å². The molecule has 0 radical (unpaired) electrons. The Labute approximate surface area is 56.5 Å². The summed E-state index contributed by atoms with van der Waals surface area (Å²) in [6, 6.07) is 0. The van der Waals surface area contributed by atoms with Crippen molar-refractivity contribution in [2.24, 2.45) is 0 Å². The van der Waals surface area contributed by atoms with E-state index < -0.39 is 19.4 Å². The monoisotopic (exact) mass is 164 g/mol. The summed E-state index contributed by atoms with van der Waals surface area (Å²) >= 11 is 0. The Kier molecular flexibility index (Phi) is 1.64. The number of hydrogen-bond acceptors (Lipinski definition) is 3. The van der Waals surface area contributed by atoms with Gasteiger partial charge >= 0.3 is 13.6 Å². The third kappa shape index (κ3) is 1.44. The number of hydrogen-bond donors (Lipinski definition) is 2. The molecule has 0 spiro atoms. The van der Waals surface area contributed by atoms with Crippen LogP contribution in [0.2, 0.25) is 0 Å². The minimum atomic E-state index is -4.28. The summed E-state index contributed by atoms with van der Waals surface area (Å²) < 4.78 is 14.6. The molecule has 2 N–H and O–H groups in total. The maximum absolute atomic E-state index is 10.3. The lowest BCUT2D eigenvalue weighted by Gasteiger charge is -2.08. The summed E-state index contributed by atoms with van der Waals surface area (Å²) in [6.45, 7) is 0. The zero-order valence-corrected chi connectivity index (χ0v) is 5.69. The smallest absolute Gasteiger partial charge is 0.369 e. The van der Waals surface area contributed by atoms with Gasteiger partial charge in [0.15, 0.2) is 0 Å². The molecule has 1 aliphatic rings. The van der Waals surface area contributed by atoms with Crippen molar-refractivity contribution in [3.8, 4) is 0 Å². The van der Waals surface area contributed by atoms with Gasteiger partial charge < -0.3 is 14.5 Å². The van der Waals surface area contributed by atoms with Crippen LogP contribution in [0.5, 0.6) is 0 Å². The third-order valence-electron chi connectivity index (χ3n) is 0.965. The van der Waals surface area contributed by atoms with Crippen LogP contribution in [0.3, 0.4) is 0 Å². The first kappa shape index (κ1) is 7.47. The van der Waals surface area contributed by atoms with E-state index in [1.165, 1.54) is 0 Å². The highest BCUT2D eigenvalue weighted by atomic mass is 31.2. The molecule has 1 heterocycles. The second-order valence-electron chi connectivity index (χ2n) is 1.78. The van der Waals surface area contributed by atoms with Gasteiger partial charge in [0.2, 0.25) is 5.85 Å². The van der Waals surface area contributed by atoms with Crippen molar-refractivity contribution in [1.29, 1.82) is 0 Å². The van der Waals surface area contributed by atoms with Crippen LogP contribution in [0.15, 0.2) is 12.2 Å². The summed E-state index contributed by atoms with van der Waals surface area (Å²) in [5.41, 5.74) is 0. The van der Waals surface area contributed by atoms with Gasteiger partial charge in [-0.2, -0.15) is 0 Å². The van der Waals surface area contributed by atoms with E-state index in [4.69, 9.17) is 9.79 Å². The maximum Gasteiger partial charge on any atom is 0.369 e. The normalized spacial score (nSPS) is 25.0. The Balaban J connectivity index is 2.73. The summed E-state index contributed by atoms with van der Waals surface area (Å²) in [5, 5.41) is 0. The molecular formula is C4H5O5P. The number of carbonyl (C=O) groups is 1. The van der Waals surface area contributed by atoms with E-state index in [-0.39, 0.29) is 0 Å². The fourth-order valence-electron chi connectivity index (χ4n) is 0.539. The van der Waals surface area contributed by atoms with Crippen molar-refractivity contribution in [2.75, 3.05) is 0 Å². The average molecular weight is 164 g/mol. The lowest BCUT2D eigenvalue weighted by Crippen LogP contribution is -2.07. The molecule has 0 aromatic rings. The SMILES string of the molecule is O=C1C=CC(P(=O)(O)O)O1. The van der Waals surface area contributed by atoms with Crippen LogP contribution in [0.4, 0.5) is 0 Å². The summed E-state index contributed by atoms with van der Waals surface area (Å²) in [5.74, 6) is -2.09. The van der Waals surface area contributed by atoms with Gasteiger partial charge in [0, 0.05) is 6.08 Å². The number of carbonyl (C=O) groups excluding carboxylic acids is 1. The lowest BCUT2D eigenvalue weighted by atomic mass is 10.6. The highest BCUT2D eigenvalue weighted by Gasteiger charge is 2.33. The molecule has 0 saturated carbocycles. The Morgan fingerprint density at radius 3 is 2.40 bits per heavy atom. The predicted molar refractivity (Wildman–Crippen MR) is 31.1 cm³/mol. The molecule has 1 rings (SSSR count). The molecule has 0 aromatic carbocycles. The van der Waals surface area contributed by atoms with Gasteiger partial charge in [-0.15, -0.1) is 0 Å². The first-order valence-electron chi connectivity index (χ1n) is 2.44. The van der Waals surface area contributed by atoms with Crippen LogP contribution < -0.4 is 0 Å². The van der Waals surface area contributed by atoms with Crippen molar-refractivity contribution >= 4 is 13.6 Å². The molecule has 0 amide bonds. The van der Waals surface area contributed by atoms with Crippen molar-refractivity contribution in [1.82, 2.24) is 0 Å². The largest absolute Gasteiger partial charge is 0.442 e. The molecule has 0 saturated heterocycles. The van der Waals surface area contributed by atoms with Gasteiger partial charge in [0.1, 0.15) is 0 Å². The predicted octanol–water partition coefficient (Wildman–Crippen LogP) is -0.397. The Morgan fingerprint density at radius 2 is 2.20 bits per heavy atom. The van der Waals surface area contributed by atoms with Crippen molar-refractivity contribution < 1.29 is 23.9 Å². The molecule has 0 fully saturated rings. The van der Waals surface area contributed by atoms with E-state index in [2.05, 4.69) is 4.74 Å². The van der Waals surface area contributed by atoms with Gasteiger partial charge in [-0.05, 0) is 6.08 Å². The molecule has 1 atom stereocenters. The van der Waals surface area contributed by atoms with Crippen molar-refractivity contribution in [2.45, 2.75) is 5.85 Å². The van der Waals surface area contributed by atoms with Crippen LogP contribution in [0.1, 0.15) is 0 Å². The zero-order valence-electron chi connectivity index (χ0n) is 4.80. The fourth-order valence-corrected chi connectivity index (χ4v) is 1.09. The van der Waals surface area contributed by atoms with Crippen molar-refractivity contribution in [3.63, 3.8) is 0 Å². The molecule has 10 heavy (non-hydrogen) atoms. The Hall–Kier alpha value is -0.640. The van der Waals surface area contributed by atoms with Crippen LogP contribution in [-0.2, 0) is 14.1 Å². The van der Waals surface area contributed by atoms with Crippen molar-refractivity contribution in [3.05, 3.63) is 12.2 Å². The minimum absolute atomic E-state index is 0.715. The quantitative estimate of drug-likeness (QED) is 0.407. The van der Waals surface area contributed by atoms with Crippen LogP contribution in [-0.4, -0.2) is 21.6 Å². The number of esters is 1. The first-order valence-corrected chi connectivity index (χ1v) is 4.12. The van der Waals surface area contributed by atoms with E-state index in [0.717, 1.165) is 12.2 Å². The van der Waals surface area contributed by atoms with Gasteiger partial charge in [0.25, 0.3) is 0 Å². The topological polar surface area (TPSA) is 83.8 Å².